The molecule has 31 heavy (non-hydrogen) atoms. The van der Waals surface area contributed by atoms with Crippen molar-refractivity contribution in [1.29, 1.82) is 0 Å². The first-order valence-electron chi connectivity index (χ1n) is 11.0. The van der Waals surface area contributed by atoms with Crippen LogP contribution in [0.1, 0.15) is 44.2 Å². The van der Waals surface area contributed by atoms with Gasteiger partial charge in [-0.2, -0.15) is 0 Å². The number of halogens is 1. The molecule has 0 saturated carbocycles. The molecule has 162 valence electrons. The van der Waals surface area contributed by atoms with Gasteiger partial charge >= 0.3 is 0 Å². The Labute approximate surface area is 189 Å². The van der Waals surface area contributed by atoms with Gasteiger partial charge in [0, 0.05) is 24.5 Å². The zero-order valence-corrected chi connectivity index (χ0v) is 19.1. The second-order valence-corrected chi connectivity index (χ2v) is 9.09. The quantitative estimate of drug-likeness (QED) is 0.536. The molecule has 2 aromatic carbocycles. The van der Waals surface area contributed by atoms with Crippen LogP contribution in [-0.2, 0) is 16.0 Å². The van der Waals surface area contributed by atoms with Crippen LogP contribution in [0.25, 0.3) is 16.7 Å². The predicted octanol–water partition coefficient (Wildman–Crippen LogP) is 6.80. The number of carbonyl (C=O) groups is 1. The first-order chi connectivity index (χ1) is 14.9. The van der Waals surface area contributed by atoms with Crippen LogP contribution < -0.4 is 0 Å². The highest BCUT2D eigenvalue weighted by atomic mass is 35.5. The molecule has 5 rings (SSSR count). The van der Waals surface area contributed by atoms with Crippen LogP contribution >= 0.6 is 11.6 Å². The van der Waals surface area contributed by atoms with Crippen molar-refractivity contribution in [2.24, 2.45) is 11.8 Å². The fraction of sp³-hybridized carbons (Fsp3) is 0.370. The van der Waals surface area contributed by atoms with Crippen LogP contribution in [0, 0.1) is 11.8 Å². The van der Waals surface area contributed by atoms with E-state index in [1.807, 2.05) is 37.3 Å². The lowest BCUT2D eigenvalue weighted by Crippen LogP contribution is -2.40. The maximum Gasteiger partial charge on any atom is 0.167 e. The van der Waals surface area contributed by atoms with Crippen LogP contribution in [-0.4, -0.2) is 23.6 Å². The van der Waals surface area contributed by atoms with E-state index in [4.69, 9.17) is 16.3 Å². The van der Waals surface area contributed by atoms with Crippen molar-refractivity contribution < 1.29 is 14.6 Å². The number of fused-ring (bicyclic) bond motifs is 4. The van der Waals surface area contributed by atoms with E-state index in [0.717, 1.165) is 41.5 Å². The van der Waals surface area contributed by atoms with Crippen molar-refractivity contribution in [1.82, 2.24) is 0 Å². The number of hydrogen-bond donors (Lipinski definition) is 1. The molecule has 3 nitrogen and oxygen atoms in total. The third kappa shape index (κ3) is 3.97. The molecule has 0 fully saturated rings. The monoisotopic (exact) mass is 436 g/mol. The van der Waals surface area contributed by atoms with Gasteiger partial charge in [-0.3, -0.25) is 4.79 Å². The minimum atomic E-state index is -0.587. The van der Waals surface area contributed by atoms with E-state index in [9.17, 15) is 9.90 Å². The van der Waals surface area contributed by atoms with Crippen molar-refractivity contribution in [3.8, 4) is 11.1 Å². The Morgan fingerprint density at radius 3 is 2.48 bits per heavy atom. The van der Waals surface area contributed by atoms with Gasteiger partial charge in [0.2, 0.25) is 0 Å². The molecular weight excluding hydrogens is 408 g/mol. The second kappa shape index (κ2) is 8.64. The van der Waals surface area contributed by atoms with Crippen molar-refractivity contribution >= 4 is 23.0 Å². The SMILES string of the molecule is CCc1ccc(-c2ccc(Cl)cc2)cc1C1=C(O)[C@@H](C)[C@]2(OC)C=C[C@@H](CC2)CC1=O. The van der Waals surface area contributed by atoms with Crippen molar-refractivity contribution in [3.05, 3.63) is 76.5 Å². The number of ketones is 1. The number of benzene rings is 2. The summed E-state index contributed by atoms with van der Waals surface area (Å²) < 4.78 is 5.92. The highest BCUT2D eigenvalue weighted by molar-refractivity contribution is 6.30. The minimum Gasteiger partial charge on any atom is -0.511 e. The third-order valence-corrected chi connectivity index (χ3v) is 7.25. The molecule has 3 aliphatic rings. The first-order valence-corrected chi connectivity index (χ1v) is 11.4. The molecule has 4 heteroatoms. The number of methoxy groups -OCH3 is 1. The lowest BCUT2D eigenvalue weighted by molar-refractivity contribution is -0.114. The zero-order valence-electron chi connectivity index (χ0n) is 18.3. The summed E-state index contributed by atoms with van der Waals surface area (Å²) in [5, 5.41) is 12.1. The summed E-state index contributed by atoms with van der Waals surface area (Å²) in [6, 6.07) is 13.8. The fourth-order valence-corrected chi connectivity index (χ4v) is 5.05. The number of aryl methyl sites for hydroxylation is 1. The Morgan fingerprint density at radius 1 is 1.16 bits per heavy atom. The molecule has 0 aromatic heterocycles. The predicted molar refractivity (Wildman–Crippen MR) is 126 cm³/mol. The summed E-state index contributed by atoms with van der Waals surface area (Å²) in [6.45, 7) is 4.03. The number of hydrogen-bond acceptors (Lipinski definition) is 3. The van der Waals surface area contributed by atoms with Gasteiger partial charge in [-0.15, -0.1) is 0 Å². The molecule has 0 radical (unpaired) electrons. The molecular formula is C27H29ClO3. The summed E-state index contributed by atoms with van der Waals surface area (Å²) in [5.41, 5.74) is 3.73. The molecule has 0 heterocycles. The second-order valence-electron chi connectivity index (χ2n) is 8.66. The average Bonchev–Trinajstić information content (AvgIpc) is 2.85. The summed E-state index contributed by atoms with van der Waals surface area (Å²) >= 11 is 6.06. The summed E-state index contributed by atoms with van der Waals surface area (Å²) in [7, 11) is 1.69. The van der Waals surface area contributed by atoms with Gasteiger partial charge in [0.25, 0.3) is 0 Å². The van der Waals surface area contributed by atoms with Gasteiger partial charge in [-0.05, 0) is 65.6 Å². The number of ether oxygens (including phenoxy) is 1. The van der Waals surface area contributed by atoms with Crippen molar-refractivity contribution in [3.63, 3.8) is 0 Å². The van der Waals surface area contributed by atoms with E-state index >= 15 is 0 Å². The zero-order chi connectivity index (χ0) is 22.2. The molecule has 2 bridgehead atoms. The standard InChI is InChI=1S/C27H29ClO3/c1-4-19-5-6-21(20-7-9-22(28)10-8-20)16-23(19)25-24(29)15-18-11-13-27(31-3,14-12-18)17(2)26(25)30/h5-11,13,16-18,30H,4,12,14-15H2,1-3H3/t17-,18+,27+/m1/s1. The lowest BCUT2D eigenvalue weighted by Gasteiger charge is -2.38. The summed E-state index contributed by atoms with van der Waals surface area (Å²) in [6.07, 6.45) is 7.00. The Kier molecular flexibility index (Phi) is 6.09. The van der Waals surface area contributed by atoms with E-state index < -0.39 is 5.60 Å². The smallest absolute Gasteiger partial charge is 0.167 e. The largest absolute Gasteiger partial charge is 0.511 e. The van der Waals surface area contributed by atoms with E-state index in [2.05, 4.69) is 31.2 Å². The summed E-state index contributed by atoms with van der Waals surface area (Å²) in [5.74, 6) is -0.0261. The van der Waals surface area contributed by atoms with E-state index in [-0.39, 0.29) is 23.4 Å². The number of carbonyl (C=O) groups excluding carboxylic acids is 1. The van der Waals surface area contributed by atoms with Gasteiger partial charge in [0.15, 0.2) is 5.78 Å². The molecule has 2 aromatic rings. The van der Waals surface area contributed by atoms with Crippen molar-refractivity contribution in [2.75, 3.05) is 7.11 Å². The maximum absolute atomic E-state index is 13.5. The van der Waals surface area contributed by atoms with Gasteiger partial charge < -0.3 is 9.84 Å². The number of rotatable bonds is 4. The number of Topliss-reactive ketones (excluding diaryl/α,β-unsaturated/α-hetero) is 1. The highest BCUT2D eigenvalue weighted by Crippen LogP contribution is 2.44. The maximum atomic E-state index is 13.5. The molecule has 0 amide bonds. The number of aliphatic hydroxyl groups is 1. The van der Waals surface area contributed by atoms with Crippen LogP contribution in [0.2, 0.25) is 5.02 Å². The highest BCUT2D eigenvalue weighted by Gasteiger charge is 2.42. The van der Waals surface area contributed by atoms with Gasteiger partial charge in [0.1, 0.15) is 5.76 Å². The van der Waals surface area contributed by atoms with E-state index in [1.54, 1.807) is 7.11 Å². The first kappa shape index (κ1) is 21.9. The summed E-state index contributed by atoms with van der Waals surface area (Å²) in [4.78, 5) is 13.5. The van der Waals surface area contributed by atoms with Crippen LogP contribution in [0.5, 0.6) is 0 Å². The van der Waals surface area contributed by atoms with Gasteiger partial charge in [-0.1, -0.05) is 61.9 Å². The average molecular weight is 437 g/mol. The van der Waals surface area contributed by atoms with Gasteiger partial charge in [-0.25, -0.2) is 0 Å². The normalized spacial score (nSPS) is 26.0. The molecule has 0 unspecified atom stereocenters. The lowest BCUT2D eigenvalue weighted by atomic mass is 9.76. The topological polar surface area (TPSA) is 46.5 Å². The van der Waals surface area contributed by atoms with E-state index in [1.165, 1.54) is 0 Å². The van der Waals surface area contributed by atoms with Gasteiger partial charge in [0.05, 0.1) is 11.2 Å². The number of aliphatic hydroxyl groups excluding tert-OH is 1. The number of allylic oxidation sites excluding steroid dienone is 2. The molecule has 3 atom stereocenters. The Balaban J connectivity index is 1.90. The Bertz CT molecular complexity index is 1050. The van der Waals surface area contributed by atoms with Crippen LogP contribution in [0.15, 0.2) is 60.4 Å². The molecule has 1 N–H and O–H groups in total. The molecule has 0 aliphatic heterocycles. The molecule has 3 aliphatic carbocycles. The van der Waals surface area contributed by atoms with E-state index in [0.29, 0.717) is 17.0 Å². The third-order valence-electron chi connectivity index (χ3n) is 7.00. The molecule has 0 saturated heterocycles. The minimum absolute atomic E-state index is 0.00393. The molecule has 0 spiro atoms. The fourth-order valence-electron chi connectivity index (χ4n) is 4.93. The van der Waals surface area contributed by atoms with Crippen LogP contribution in [0.4, 0.5) is 0 Å². The Hall–Kier alpha value is -2.36. The Morgan fingerprint density at radius 2 is 1.87 bits per heavy atom. The van der Waals surface area contributed by atoms with Crippen molar-refractivity contribution in [2.45, 2.75) is 45.1 Å². The van der Waals surface area contributed by atoms with Crippen LogP contribution in [0.3, 0.4) is 0 Å².